The van der Waals surface area contributed by atoms with Crippen molar-refractivity contribution in [2.24, 2.45) is 5.92 Å². The molecule has 0 spiro atoms. The van der Waals surface area contributed by atoms with Crippen LogP contribution in [0, 0.1) is 5.92 Å². The highest BCUT2D eigenvalue weighted by atomic mass is 16.4. The first kappa shape index (κ1) is 13.9. The largest absolute Gasteiger partial charge is 0.478 e. The number of rotatable bonds is 2. The Labute approximate surface area is 123 Å². The molecule has 2 unspecified atom stereocenters. The van der Waals surface area contributed by atoms with Crippen molar-refractivity contribution in [3.63, 3.8) is 0 Å². The number of carbonyl (C=O) groups is 2. The van der Waals surface area contributed by atoms with E-state index in [4.69, 9.17) is 5.11 Å². The third-order valence-corrected chi connectivity index (χ3v) is 4.67. The molecule has 2 fully saturated rings. The third kappa shape index (κ3) is 2.73. The van der Waals surface area contributed by atoms with Crippen molar-refractivity contribution in [1.29, 1.82) is 0 Å². The Morgan fingerprint density at radius 3 is 2.71 bits per heavy atom. The van der Waals surface area contributed by atoms with Crippen LogP contribution in [-0.2, 0) is 0 Å². The van der Waals surface area contributed by atoms with Gasteiger partial charge in [0.25, 0.3) is 0 Å². The number of hydrogen-bond acceptors (Lipinski definition) is 2. The summed E-state index contributed by atoms with van der Waals surface area (Å²) in [4.78, 5) is 25.5. The smallest absolute Gasteiger partial charge is 0.337 e. The molecule has 2 N–H and O–H groups in total. The molecule has 2 aliphatic rings. The van der Waals surface area contributed by atoms with Gasteiger partial charge in [-0.25, -0.2) is 9.59 Å². The van der Waals surface area contributed by atoms with Crippen molar-refractivity contribution in [1.82, 2.24) is 4.90 Å². The van der Waals surface area contributed by atoms with Crippen molar-refractivity contribution in [2.75, 3.05) is 11.9 Å². The third-order valence-electron chi connectivity index (χ3n) is 4.67. The predicted molar refractivity (Wildman–Crippen MR) is 79.5 cm³/mol. The van der Waals surface area contributed by atoms with Gasteiger partial charge in [0.1, 0.15) is 0 Å². The summed E-state index contributed by atoms with van der Waals surface area (Å²) in [6.45, 7) is 0.774. The number of carboxylic acid groups (broad SMARTS) is 1. The second-order valence-corrected chi connectivity index (χ2v) is 5.87. The number of likely N-dealkylation sites (tertiary alicyclic amines) is 1. The van der Waals surface area contributed by atoms with Gasteiger partial charge >= 0.3 is 12.0 Å². The number of anilines is 1. The Morgan fingerprint density at radius 2 is 1.90 bits per heavy atom. The number of benzene rings is 1. The minimum atomic E-state index is -1.03. The minimum Gasteiger partial charge on any atom is -0.478 e. The normalized spacial score (nSPS) is 24.5. The van der Waals surface area contributed by atoms with Gasteiger partial charge in [0.2, 0.25) is 0 Å². The van der Waals surface area contributed by atoms with E-state index in [1.807, 2.05) is 4.90 Å². The zero-order valence-electron chi connectivity index (χ0n) is 11.9. The maximum atomic E-state index is 12.5. The van der Waals surface area contributed by atoms with Gasteiger partial charge in [0.15, 0.2) is 0 Å². The van der Waals surface area contributed by atoms with Gasteiger partial charge in [0.05, 0.1) is 11.3 Å². The van der Waals surface area contributed by atoms with Crippen molar-refractivity contribution in [3.8, 4) is 0 Å². The van der Waals surface area contributed by atoms with E-state index in [9.17, 15) is 9.59 Å². The first-order valence-corrected chi connectivity index (χ1v) is 7.57. The standard InChI is InChI=1S/C16H20N2O3/c19-15(20)12-6-2-3-7-13(12)17-16(21)18-10-9-11-5-1-4-8-14(11)18/h2-3,6-7,11,14H,1,4-5,8-10H2,(H,17,21)(H,19,20). The molecule has 5 nitrogen and oxygen atoms in total. The highest BCUT2D eigenvalue weighted by Crippen LogP contribution is 2.36. The van der Waals surface area contributed by atoms with Crippen LogP contribution in [-0.4, -0.2) is 34.6 Å². The Kier molecular flexibility index (Phi) is 3.82. The molecule has 2 atom stereocenters. The fraction of sp³-hybridized carbons (Fsp3) is 0.500. The van der Waals surface area contributed by atoms with Gasteiger partial charge in [-0.05, 0) is 37.3 Å². The minimum absolute atomic E-state index is 0.130. The summed E-state index contributed by atoms with van der Waals surface area (Å²) in [6, 6.07) is 6.69. The summed E-state index contributed by atoms with van der Waals surface area (Å²) in [5.41, 5.74) is 0.500. The number of para-hydroxylation sites is 1. The second-order valence-electron chi connectivity index (χ2n) is 5.87. The summed E-state index contributed by atoms with van der Waals surface area (Å²) >= 11 is 0. The van der Waals surface area contributed by atoms with E-state index in [0.29, 0.717) is 17.6 Å². The maximum Gasteiger partial charge on any atom is 0.337 e. The van der Waals surface area contributed by atoms with Gasteiger partial charge in [-0.1, -0.05) is 25.0 Å². The lowest BCUT2D eigenvalue weighted by Crippen LogP contribution is -2.41. The van der Waals surface area contributed by atoms with Gasteiger partial charge in [-0.2, -0.15) is 0 Å². The number of fused-ring (bicyclic) bond motifs is 1. The first-order valence-electron chi connectivity index (χ1n) is 7.57. The average Bonchev–Trinajstić information content (AvgIpc) is 2.91. The molecular formula is C16H20N2O3. The van der Waals surface area contributed by atoms with E-state index >= 15 is 0 Å². The molecule has 1 aliphatic carbocycles. The zero-order chi connectivity index (χ0) is 14.8. The molecule has 0 aromatic heterocycles. The molecule has 1 saturated heterocycles. The monoisotopic (exact) mass is 288 g/mol. The molecule has 1 saturated carbocycles. The fourth-order valence-corrected chi connectivity index (χ4v) is 3.62. The summed E-state index contributed by atoms with van der Waals surface area (Å²) in [7, 11) is 0. The SMILES string of the molecule is O=C(O)c1ccccc1NC(=O)N1CCC2CCCCC21. The predicted octanol–water partition coefficient (Wildman–Crippen LogP) is 3.18. The lowest BCUT2D eigenvalue weighted by atomic mass is 9.85. The number of nitrogens with zero attached hydrogens (tertiary/aromatic N) is 1. The number of aromatic carboxylic acids is 1. The summed E-state index contributed by atoms with van der Waals surface area (Å²) < 4.78 is 0. The van der Waals surface area contributed by atoms with Gasteiger partial charge in [0, 0.05) is 12.6 Å². The first-order chi connectivity index (χ1) is 10.2. The molecule has 0 bridgehead atoms. The van der Waals surface area contributed by atoms with Crippen LogP contribution in [0.5, 0.6) is 0 Å². The molecule has 2 amide bonds. The molecule has 112 valence electrons. The van der Waals surface area contributed by atoms with Crippen LogP contribution >= 0.6 is 0 Å². The number of carbonyl (C=O) groups excluding carboxylic acids is 1. The molecule has 1 aliphatic heterocycles. The highest BCUT2D eigenvalue weighted by molar-refractivity contribution is 6.00. The van der Waals surface area contributed by atoms with Crippen molar-refractivity contribution < 1.29 is 14.7 Å². The van der Waals surface area contributed by atoms with E-state index in [1.54, 1.807) is 18.2 Å². The molecule has 0 radical (unpaired) electrons. The fourth-order valence-electron chi connectivity index (χ4n) is 3.62. The Bertz CT molecular complexity index is 558. The molecule has 1 aromatic carbocycles. The van der Waals surface area contributed by atoms with Gasteiger partial charge in [-0.15, -0.1) is 0 Å². The van der Waals surface area contributed by atoms with E-state index in [1.165, 1.54) is 25.3 Å². The van der Waals surface area contributed by atoms with Gasteiger partial charge in [-0.3, -0.25) is 0 Å². The number of carboxylic acids is 1. The number of nitrogens with one attached hydrogen (secondary N) is 1. The van der Waals surface area contributed by atoms with Crippen molar-refractivity contribution in [2.45, 2.75) is 38.1 Å². The maximum absolute atomic E-state index is 12.5. The number of urea groups is 1. The molecule has 3 rings (SSSR count). The molecule has 1 heterocycles. The zero-order valence-corrected chi connectivity index (χ0v) is 11.9. The molecule has 21 heavy (non-hydrogen) atoms. The molecule has 1 aromatic rings. The van der Waals surface area contributed by atoms with Crippen LogP contribution in [0.2, 0.25) is 0 Å². The van der Waals surface area contributed by atoms with Crippen molar-refractivity contribution >= 4 is 17.7 Å². The Hall–Kier alpha value is -2.04. The Balaban J connectivity index is 1.73. The number of amides is 2. The van der Waals surface area contributed by atoms with E-state index in [-0.39, 0.29) is 11.6 Å². The van der Waals surface area contributed by atoms with E-state index in [0.717, 1.165) is 19.4 Å². The Morgan fingerprint density at radius 1 is 1.14 bits per heavy atom. The second kappa shape index (κ2) is 5.76. The number of hydrogen-bond donors (Lipinski definition) is 2. The van der Waals surface area contributed by atoms with Crippen LogP contribution in [0.4, 0.5) is 10.5 Å². The summed E-state index contributed by atoms with van der Waals surface area (Å²) in [5, 5.41) is 11.9. The molecule has 5 heteroatoms. The van der Waals surface area contributed by atoms with Crippen LogP contribution in [0.3, 0.4) is 0 Å². The summed E-state index contributed by atoms with van der Waals surface area (Å²) in [6.07, 6.45) is 5.78. The summed E-state index contributed by atoms with van der Waals surface area (Å²) in [5.74, 6) is -0.401. The van der Waals surface area contributed by atoms with Crippen LogP contribution in [0.25, 0.3) is 0 Å². The quantitative estimate of drug-likeness (QED) is 0.878. The topological polar surface area (TPSA) is 69.6 Å². The lowest BCUT2D eigenvalue weighted by molar-refractivity contribution is 0.0698. The average molecular weight is 288 g/mol. The van der Waals surface area contributed by atoms with E-state index in [2.05, 4.69) is 5.32 Å². The van der Waals surface area contributed by atoms with Gasteiger partial charge < -0.3 is 15.3 Å². The van der Waals surface area contributed by atoms with Crippen LogP contribution < -0.4 is 5.32 Å². The van der Waals surface area contributed by atoms with Crippen LogP contribution in [0.15, 0.2) is 24.3 Å². The molecular weight excluding hydrogens is 268 g/mol. The van der Waals surface area contributed by atoms with Crippen molar-refractivity contribution in [3.05, 3.63) is 29.8 Å². The van der Waals surface area contributed by atoms with E-state index < -0.39 is 5.97 Å². The van der Waals surface area contributed by atoms with Crippen LogP contribution in [0.1, 0.15) is 42.5 Å². The lowest BCUT2D eigenvalue weighted by Gasteiger charge is -2.31. The highest BCUT2D eigenvalue weighted by Gasteiger charge is 2.38.